The van der Waals surface area contributed by atoms with Crippen molar-refractivity contribution >= 4 is 22.5 Å². The number of pyridine rings is 1. The molecule has 0 aliphatic carbocycles. The van der Waals surface area contributed by atoms with Crippen LogP contribution in [-0.4, -0.2) is 17.7 Å². The van der Waals surface area contributed by atoms with E-state index in [-0.39, 0.29) is 0 Å². The molecule has 0 radical (unpaired) electrons. The lowest BCUT2D eigenvalue weighted by atomic mass is 10.1. The Labute approximate surface area is 92.8 Å². The lowest BCUT2D eigenvalue weighted by Crippen LogP contribution is -1.94. The van der Waals surface area contributed by atoms with Gasteiger partial charge in [0.15, 0.2) is 0 Å². The fourth-order valence-corrected chi connectivity index (χ4v) is 1.96. The van der Waals surface area contributed by atoms with E-state index in [2.05, 4.69) is 11.1 Å². The first kappa shape index (κ1) is 9.13. The number of epoxide rings is 1. The second-order valence-corrected chi connectivity index (χ2v) is 4.23. The molecule has 3 heteroatoms. The van der Waals surface area contributed by atoms with Crippen molar-refractivity contribution in [2.24, 2.45) is 0 Å². The highest BCUT2D eigenvalue weighted by Crippen LogP contribution is 2.24. The summed E-state index contributed by atoms with van der Waals surface area (Å²) in [5.41, 5.74) is 2.25. The monoisotopic (exact) mass is 219 g/mol. The first-order valence-corrected chi connectivity index (χ1v) is 5.35. The third-order valence-electron chi connectivity index (χ3n) is 2.65. The molecule has 0 spiro atoms. The van der Waals surface area contributed by atoms with Crippen LogP contribution in [0.25, 0.3) is 10.9 Å². The SMILES string of the molecule is Clc1ccc2c(CC3CO3)ccnc2c1. The molecule has 15 heavy (non-hydrogen) atoms. The third-order valence-corrected chi connectivity index (χ3v) is 2.88. The van der Waals surface area contributed by atoms with Crippen molar-refractivity contribution in [3.63, 3.8) is 0 Å². The smallest absolute Gasteiger partial charge is 0.0850 e. The number of aromatic nitrogens is 1. The normalized spacial score (nSPS) is 19.4. The Morgan fingerprint density at radius 1 is 1.40 bits per heavy atom. The predicted molar refractivity (Wildman–Crippen MR) is 60.2 cm³/mol. The number of halogens is 1. The van der Waals surface area contributed by atoms with Gasteiger partial charge in [-0.1, -0.05) is 17.7 Å². The molecule has 2 nitrogen and oxygen atoms in total. The number of rotatable bonds is 2. The van der Waals surface area contributed by atoms with Crippen LogP contribution in [-0.2, 0) is 11.2 Å². The van der Waals surface area contributed by atoms with Crippen molar-refractivity contribution < 1.29 is 4.74 Å². The molecule has 0 saturated carbocycles. The van der Waals surface area contributed by atoms with Gasteiger partial charge in [0.2, 0.25) is 0 Å². The van der Waals surface area contributed by atoms with Gasteiger partial charge in [0, 0.05) is 23.0 Å². The Balaban J connectivity index is 2.12. The van der Waals surface area contributed by atoms with Gasteiger partial charge in [0.1, 0.15) is 0 Å². The Kier molecular flexibility index (Phi) is 2.11. The van der Waals surface area contributed by atoms with Crippen LogP contribution in [0.1, 0.15) is 5.56 Å². The zero-order valence-electron chi connectivity index (χ0n) is 8.11. The summed E-state index contributed by atoms with van der Waals surface area (Å²) >= 11 is 5.92. The molecule has 3 rings (SSSR count). The first-order valence-electron chi connectivity index (χ1n) is 4.98. The van der Waals surface area contributed by atoms with E-state index in [0.29, 0.717) is 6.10 Å². The lowest BCUT2D eigenvalue weighted by Gasteiger charge is -2.04. The number of benzene rings is 1. The van der Waals surface area contributed by atoms with Crippen LogP contribution in [0.15, 0.2) is 30.5 Å². The van der Waals surface area contributed by atoms with E-state index in [1.165, 1.54) is 10.9 Å². The van der Waals surface area contributed by atoms with Crippen LogP contribution in [0.5, 0.6) is 0 Å². The van der Waals surface area contributed by atoms with Gasteiger partial charge in [0.25, 0.3) is 0 Å². The summed E-state index contributed by atoms with van der Waals surface area (Å²) in [7, 11) is 0. The minimum absolute atomic E-state index is 0.409. The molecule has 1 aromatic heterocycles. The molecule has 1 aliphatic rings. The second kappa shape index (κ2) is 3.47. The van der Waals surface area contributed by atoms with E-state index in [1.807, 2.05) is 24.4 Å². The summed E-state index contributed by atoms with van der Waals surface area (Å²) in [6.07, 6.45) is 3.21. The molecule has 1 aromatic carbocycles. The minimum Gasteiger partial charge on any atom is -0.373 e. The summed E-state index contributed by atoms with van der Waals surface area (Å²) < 4.78 is 5.24. The van der Waals surface area contributed by atoms with Crippen molar-refractivity contribution in [3.8, 4) is 0 Å². The van der Waals surface area contributed by atoms with Gasteiger partial charge in [-0.2, -0.15) is 0 Å². The Bertz CT molecular complexity index is 508. The average molecular weight is 220 g/mol. The van der Waals surface area contributed by atoms with E-state index in [1.54, 1.807) is 0 Å². The quantitative estimate of drug-likeness (QED) is 0.726. The van der Waals surface area contributed by atoms with E-state index < -0.39 is 0 Å². The number of hydrogen-bond acceptors (Lipinski definition) is 2. The summed E-state index contributed by atoms with van der Waals surface area (Å²) in [6.45, 7) is 0.886. The van der Waals surface area contributed by atoms with Crippen LogP contribution in [0.4, 0.5) is 0 Å². The fraction of sp³-hybridized carbons (Fsp3) is 0.250. The highest BCUT2D eigenvalue weighted by Gasteiger charge is 2.23. The molecule has 1 atom stereocenters. The summed E-state index contributed by atoms with van der Waals surface area (Å²) in [4.78, 5) is 4.31. The topological polar surface area (TPSA) is 25.4 Å². The average Bonchev–Trinajstić information content (AvgIpc) is 3.01. The molecule has 0 amide bonds. The number of hydrogen-bond donors (Lipinski definition) is 0. The van der Waals surface area contributed by atoms with E-state index in [0.717, 1.165) is 23.6 Å². The molecule has 1 aliphatic heterocycles. The van der Waals surface area contributed by atoms with Gasteiger partial charge in [-0.3, -0.25) is 4.98 Å². The molecular formula is C12H10ClNO. The molecule has 2 heterocycles. The molecule has 76 valence electrons. The zero-order valence-corrected chi connectivity index (χ0v) is 8.87. The van der Waals surface area contributed by atoms with Gasteiger partial charge in [-0.15, -0.1) is 0 Å². The van der Waals surface area contributed by atoms with Crippen molar-refractivity contribution in [2.45, 2.75) is 12.5 Å². The minimum atomic E-state index is 0.409. The molecule has 0 N–H and O–H groups in total. The highest BCUT2D eigenvalue weighted by molar-refractivity contribution is 6.31. The van der Waals surface area contributed by atoms with E-state index in [9.17, 15) is 0 Å². The van der Waals surface area contributed by atoms with Gasteiger partial charge < -0.3 is 4.74 Å². The number of ether oxygens (including phenoxy) is 1. The van der Waals surface area contributed by atoms with Crippen molar-refractivity contribution in [1.29, 1.82) is 0 Å². The number of nitrogens with zero attached hydrogens (tertiary/aromatic N) is 1. The molecular weight excluding hydrogens is 210 g/mol. The van der Waals surface area contributed by atoms with E-state index >= 15 is 0 Å². The Hall–Kier alpha value is -1.12. The molecule has 1 fully saturated rings. The van der Waals surface area contributed by atoms with Crippen LogP contribution < -0.4 is 0 Å². The number of fused-ring (bicyclic) bond motifs is 1. The molecule has 1 saturated heterocycles. The standard InChI is InChI=1S/C12H10ClNO/c13-9-1-2-11-8(5-10-7-15-10)3-4-14-12(11)6-9/h1-4,6,10H,5,7H2. The fourth-order valence-electron chi connectivity index (χ4n) is 1.79. The third kappa shape index (κ3) is 1.83. The molecule has 0 bridgehead atoms. The molecule has 1 unspecified atom stereocenters. The second-order valence-electron chi connectivity index (χ2n) is 3.79. The van der Waals surface area contributed by atoms with Gasteiger partial charge >= 0.3 is 0 Å². The summed E-state index contributed by atoms with van der Waals surface area (Å²) in [5, 5.41) is 1.91. The summed E-state index contributed by atoms with van der Waals surface area (Å²) in [6, 6.07) is 7.89. The van der Waals surface area contributed by atoms with Crippen LogP contribution in [0.3, 0.4) is 0 Å². The van der Waals surface area contributed by atoms with Gasteiger partial charge in [0.05, 0.1) is 18.2 Å². The zero-order chi connectivity index (χ0) is 10.3. The Morgan fingerprint density at radius 2 is 2.27 bits per heavy atom. The van der Waals surface area contributed by atoms with Crippen molar-refractivity contribution in [2.75, 3.05) is 6.61 Å². The highest BCUT2D eigenvalue weighted by atomic mass is 35.5. The van der Waals surface area contributed by atoms with Crippen LogP contribution >= 0.6 is 11.6 Å². The maximum Gasteiger partial charge on any atom is 0.0850 e. The van der Waals surface area contributed by atoms with E-state index in [4.69, 9.17) is 16.3 Å². The largest absolute Gasteiger partial charge is 0.373 e. The molecule has 2 aromatic rings. The van der Waals surface area contributed by atoms with Crippen LogP contribution in [0.2, 0.25) is 5.02 Å². The lowest BCUT2D eigenvalue weighted by molar-refractivity contribution is 0.408. The summed E-state index contributed by atoms with van der Waals surface area (Å²) in [5.74, 6) is 0. The van der Waals surface area contributed by atoms with Gasteiger partial charge in [-0.05, 0) is 23.8 Å². The predicted octanol–water partition coefficient (Wildman–Crippen LogP) is 2.83. The van der Waals surface area contributed by atoms with Crippen LogP contribution in [0, 0.1) is 0 Å². The first-order chi connectivity index (χ1) is 7.33. The van der Waals surface area contributed by atoms with Gasteiger partial charge in [-0.25, -0.2) is 0 Å². The maximum absolute atomic E-state index is 5.92. The Morgan fingerprint density at radius 3 is 3.07 bits per heavy atom. The van der Waals surface area contributed by atoms with Crippen molar-refractivity contribution in [3.05, 3.63) is 41.0 Å². The maximum atomic E-state index is 5.92. The van der Waals surface area contributed by atoms with Crippen molar-refractivity contribution in [1.82, 2.24) is 4.98 Å².